The van der Waals surface area contributed by atoms with Crippen LogP contribution in [-0.4, -0.2) is 78.0 Å². The van der Waals surface area contributed by atoms with Crippen molar-refractivity contribution >= 4 is 11.9 Å². The van der Waals surface area contributed by atoms with Gasteiger partial charge in [-0.05, 0) is 51.3 Å². The molecule has 0 aromatic heterocycles. The standard InChI is InChI=1S/C21H30N4O2/c1-23-12-5-8-18(16-23)25-19(26)21(22-20(25)27)10-14-24(15-11-21)13-9-17-6-3-2-4-7-17/h2-4,6-7,18H,5,8-16H2,1H3,(H,22,27)/t18-/m0/s1. The summed E-state index contributed by atoms with van der Waals surface area (Å²) in [6.45, 7) is 4.55. The van der Waals surface area contributed by atoms with Crippen molar-refractivity contribution in [3.8, 4) is 0 Å². The van der Waals surface area contributed by atoms with Crippen molar-refractivity contribution in [1.29, 1.82) is 0 Å². The second-order valence-electron chi connectivity index (χ2n) is 8.32. The molecular weight excluding hydrogens is 340 g/mol. The number of carbonyl (C=O) groups is 2. The fourth-order valence-corrected chi connectivity index (χ4v) is 4.75. The van der Waals surface area contributed by atoms with Crippen molar-refractivity contribution in [1.82, 2.24) is 20.0 Å². The molecule has 3 saturated heterocycles. The van der Waals surface area contributed by atoms with Crippen LogP contribution in [0.15, 0.2) is 30.3 Å². The highest BCUT2D eigenvalue weighted by molar-refractivity contribution is 6.07. The van der Waals surface area contributed by atoms with Crippen LogP contribution in [0.2, 0.25) is 0 Å². The first-order valence-electron chi connectivity index (χ1n) is 10.2. The molecule has 0 aliphatic carbocycles. The fraction of sp³-hybridized carbons (Fsp3) is 0.619. The van der Waals surface area contributed by atoms with Crippen LogP contribution in [0.1, 0.15) is 31.2 Å². The summed E-state index contributed by atoms with van der Waals surface area (Å²) in [5.41, 5.74) is 0.673. The van der Waals surface area contributed by atoms with Crippen molar-refractivity contribution in [2.24, 2.45) is 0 Å². The lowest BCUT2D eigenvalue weighted by molar-refractivity contribution is -0.135. The van der Waals surface area contributed by atoms with Gasteiger partial charge >= 0.3 is 6.03 Å². The van der Waals surface area contributed by atoms with Crippen LogP contribution in [0.4, 0.5) is 4.79 Å². The first-order chi connectivity index (χ1) is 13.1. The molecular formula is C21H30N4O2. The molecule has 6 nitrogen and oxygen atoms in total. The van der Waals surface area contributed by atoms with E-state index in [1.165, 1.54) is 10.5 Å². The molecule has 0 bridgehead atoms. The third-order valence-electron chi connectivity index (χ3n) is 6.43. The van der Waals surface area contributed by atoms with Gasteiger partial charge in [0.05, 0.1) is 6.04 Å². The van der Waals surface area contributed by atoms with Crippen molar-refractivity contribution in [2.75, 3.05) is 39.8 Å². The minimum absolute atomic E-state index is 0.00973. The largest absolute Gasteiger partial charge is 0.325 e. The molecule has 4 rings (SSSR count). The van der Waals surface area contributed by atoms with Gasteiger partial charge in [-0.25, -0.2) is 4.79 Å². The predicted octanol–water partition coefficient (Wildman–Crippen LogP) is 1.71. The van der Waals surface area contributed by atoms with Gasteiger partial charge in [-0.15, -0.1) is 0 Å². The molecule has 6 heteroatoms. The molecule has 1 aromatic carbocycles. The Bertz CT molecular complexity index is 685. The molecule has 1 spiro atoms. The minimum Gasteiger partial charge on any atom is -0.323 e. The van der Waals surface area contributed by atoms with E-state index in [9.17, 15) is 9.59 Å². The first-order valence-corrected chi connectivity index (χ1v) is 10.2. The number of amides is 3. The zero-order valence-electron chi connectivity index (χ0n) is 16.2. The smallest absolute Gasteiger partial charge is 0.323 e. The van der Waals surface area contributed by atoms with E-state index in [0.29, 0.717) is 12.8 Å². The molecule has 0 unspecified atom stereocenters. The van der Waals surface area contributed by atoms with Gasteiger partial charge in [0.15, 0.2) is 0 Å². The van der Waals surface area contributed by atoms with Crippen molar-refractivity contribution in [3.63, 3.8) is 0 Å². The van der Waals surface area contributed by atoms with E-state index in [2.05, 4.69) is 46.4 Å². The summed E-state index contributed by atoms with van der Waals surface area (Å²) in [5, 5.41) is 3.07. The summed E-state index contributed by atoms with van der Waals surface area (Å²) < 4.78 is 0. The Morgan fingerprint density at radius 2 is 1.85 bits per heavy atom. The van der Waals surface area contributed by atoms with E-state index in [0.717, 1.165) is 52.0 Å². The number of likely N-dealkylation sites (N-methyl/N-ethyl adjacent to an activating group) is 1. The number of hydrogen-bond donors (Lipinski definition) is 1. The molecule has 3 aliphatic rings. The van der Waals surface area contributed by atoms with Crippen LogP contribution in [0.5, 0.6) is 0 Å². The van der Waals surface area contributed by atoms with Gasteiger partial charge < -0.3 is 15.1 Å². The number of nitrogens with zero attached hydrogens (tertiary/aromatic N) is 3. The molecule has 3 heterocycles. The lowest BCUT2D eigenvalue weighted by Crippen LogP contribution is -2.56. The number of carbonyl (C=O) groups excluding carboxylic acids is 2. The molecule has 27 heavy (non-hydrogen) atoms. The second kappa shape index (κ2) is 7.60. The summed E-state index contributed by atoms with van der Waals surface area (Å²) in [6, 6.07) is 10.3. The van der Waals surface area contributed by atoms with Crippen molar-refractivity contribution < 1.29 is 9.59 Å². The number of piperidine rings is 2. The van der Waals surface area contributed by atoms with Crippen LogP contribution in [0.3, 0.4) is 0 Å². The van der Waals surface area contributed by atoms with Gasteiger partial charge in [0.1, 0.15) is 5.54 Å². The summed E-state index contributed by atoms with van der Waals surface area (Å²) in [5.74, 6) is 0.00973. The molecule has 1 atom stereocenters. The Hall–Kier alpha value is -1.92. The number of benzene rings is 1. The molecule has 0 radical (unpaired) electrons. The predicted molar refractivity (Wildman–Crippen MR) is 104 cm³/mol. The topological polar surface area (TPSA) is 55.9 Å². The number of likely N-dealkylation sites (tertiary alicyclic amines) is 2. The number of imide groups is 1. The SMILES string of the molecule is CN1CCC[C@H](N2C(=O)NC3(CCN(CCc4ccccc4)CC3)C2=O)C1. The Balaban J connectivity index is 1.35. The second-order valence-corrected chi connectivity index (χ2v) is 8.32. The van der Waals surface area contributed by atoms with Crippen LogP contribution in [0, 0.1) is 0 Å². The third kappa shape index (κ3) is 3.73. The highest BCUT2D eigenvalue weighted by Gasteiger charge is 2.54. The zero-order chi connectivity index (χ0) is 18.9. The fourth-order valence-electron chi connectivity index (χ4n) is 4.75. The molecule has 0 saturated carbocycles. The highest BCUT2D eigenvalue weighted by atomic mass is 16.2. The maximum Gasteiger partial charge on any atom is 0.325 e. The third-order valence-corrected chi connectivity index (χ3v) is 6.43. The Morgan fingerprint density at radius 1 is 1.11 bits per heavy atom. The number of hydrogen-bond acceptors (Lipinski definition) is 4. The van der Waals surface area contributed by atoms with Crippen molar-refractivity contribution in [2.45, 2.75) is 43.7 Å². The van der Waals surface area contributed by atoms with Crippen LogP contribution >= 0.6 is 0 Å². The van der Waals surface area contributed by atoms with E-state index >= 15 is 0 Å². The van der Waals surface area contributed by atoms with E-state index in [1.54, 1.807) is 0 Å². The Labute approximate surface area is 161 Å². The lowest BCUT2D eigenvalue weighted by Gasteiger charge is -2.38. The number of nitrogens with one attached hydrogen (secondary N) is 1. The molecule has 3 amide bonds. The van der Waals surface area contributed by atoms with Crippen LogP contribution in [-0.2, 0) is 11.2 Å². The van der Waals surface area contributed by atoms with E-state index in [-0.39, 0.29) is 18.0 Å². The maximum atomic E-state index is 13.2. The highest BCUT2D eigenvalue weighted by Crippen LogP contribution is 2.32. The molecule has 146 valence electrons. The summed E-state index contributed by atoms with van der Waals surface area (Å²) in [4.78, 5) is 32.0. The molecule has 3 aliphatic heterocycles. The zero-order valence-corrected chi connectivity index (χ0v) is 16.2. The quantitative estimate of drug-likeness (QED) is 0.820. The maximum absolute atomic E-state index is 13.2. The van der Waals surface area contributed by atoms with Gasteiger partial charge in [-0.3, -0.25) is 9.69 Å². The number of urea groups is 1. The van der Waals surface area contributed by atoms with Gasteiger partial charge in [-0.1, -0.05) is 30.3 Å². The normalized spacial score (nSPS) is 26.6. The summed E-state index contributed by atoms with van der Waals surface area (Å²) in [6.07, 6.45) is 4.41. The first kappa shape index (κ1) is 18.4. The van der Waals surface area contributed by atoms with Gasteiger partial charge in [0, 0.05) is 26.2 Å². The minimum atomic E-state index is -0.670. The van der Waals surface area contributed by atoms with E-state index < -0.39 is 5.54 Å². The molecule has 1 aromatic rings. The van der Waals surface area contributed by atoms with Gasteiger partial charge in [0.25, 0.3) is 5.91 Å². The molecule has 1 N–H and O–H groups in total. The summed E-state index contributed by atoms with van der Waals surface area (Å²) >= 11 is 0. The average Bonchev–Trinajstić information content (AvgIpc) is 2.92. The van der Waals surface area contributed by atoms with Gasteiger partial charge in [-0.2, -0.15) is 0 Å². The summed E-state index contributed by atoms with van der Waals surface area (Å²) in [7, 11) is 2.06. The van der Waals surface area contributed by atoms with Crippen LogP contribution < -0.4 is 5.32 Å². The molecule has 3 fully saturated rings. The van der Waals surface area contributed by atoms with E-state index in [4.69, 9.17) is 0 Å². The number of rotatable bonds is 4. The van der Waals surface area contributed by atoms with Gasteiger partial charge in [0.2, 0.25) is 0 Å². The average molecular weight is 370 g/mol. The Kier molecular flexibility index (Phi) is 5.19. The van der Waals surface area contributed by atoms with Crippen molar-refractivity contribution in [3.05, 3.63) is 35.9 Å². The van der Waals surface area contributed by atoms with E-state index in [1.807, 2.05) is 6.07 Å². The monoisotopic (exact) mass is 370 g/mol. The van der Waals surface area contributed by atoms with Crippen LogP contribution in [0.25, 0.3) is 0 Å². The lowest BCUT2D eigenvalue weighted by atomic mass is 9.87. The Morgan fingerprint density at radius 3 is 2.56 bits per heavy atom.